The smallest absolute Gasteiger partial charge is 0.0635 e. The van der Waals surface area contributed by atoms with Crippen molar-refractivity contribution in [1.82, 2.24) is 0 Å². The Morgan fingerprint density at radius 3 is 2.62 bits per heavy atom. The highest BCUT2D eigenvalue weighted by molar-refractivity contribution is 5.57. The first-order valence-corrected chi connectivity index (χ1v) is 5.82. The molecule has 0 saturated carbocycles. The summed E-state index contributed by atoms with van der Waals surface area (Å²) in [6.07, 6.45) is 1.05. The molecule has 1 rings (SSSR count). The van der Waals surface area contributed by atoms with Crippen molar-refractivity contribution in [1.29, 1.82) is 0 Å². The predicted octanol–water partition coefficient (Wildman–Crippen LogP) is 2.40. The Kier molecular flexibility index (Phi) is 4.62. The lowest BCUT2D eigenvalue weighted by atomic mass is 9.99. The van der Waals surface area contributed by atoms with Crippen LogP contribution in [0.25, 0.3) is 0 Å². The minimum Gasteiger partial charge on any atom is -0.399 e. The molecule has 16 heavy (non-hydrogen) atoms. The summed E-state index contributed by atoms with van der Waals surface area (Å²) in [6, 6.07) is 5.96. The van der Waals surface area contributed by atoms with Crippen LogP contribution in [0.5, 0.6) is 0 Å². The number of hydrogen-bond acceptors (Lipinski definition) is 3. The topological polar surface area (TPSA) is 58.3 Å². The summed E-state index contributed by atoms with van der Waals surface area (Å²) in [6.45, 7) is 6.40. The van der Waals surface area contributed by atoms with Gasteiger partial charge in [0.05, 0.1) is 12.6 Å². The maximum absolute atomic E-state index is 9.33. The van der Waals surface area contributed by atoms with E-state index in [1.54, 1.807) is 0 Å². The van der Waals surface area contributed by atoms with Gasteiger partial charge in [-0.1, -0.05) is 20.3 Å². The van der Waals surface area contributed by atoms with Crippen LogP contribution in [0.15, 0.2) is 18.2 Å². The second kappa shape index (κ2) is 5.75. The minimum absolute atomic E-state index is 0.105. The fourth-order valence-electron chi connectivity index (χ4n) is 1.63. The van der Waals surface area contributed by atoms with Gasteiger partial charge in [-0.15, -0.1) is 0 Å². The highest BCUT2D eigenvalue weighted by Gasteiger charge is 2.14. The molecule has 2 unspecified atom stereocenters. The molecule has 0 aliphatic carbocycles. The van der Waals surface area contributed by atoms with Crippen molar-refractivity contribution in [2.24, 2.45) is 5.92 Å². The molecule has 0 saturated heterocycles. The molecular weight excluding hydrogens is 200 g/mol. The highest BCUT2D eigenvalue weighted by Crippen LogP contribution is 2.19. The Balaban J connectivity index is 2.74. The van der Waals surface area contributed by atoms with Crippen LogP contribution in [0.3, 0.4) is 0 Å². The van der Waals surface area contributed by atoms with Gasteiger partial charge in [-0.3, -0.25) is 0 Å². The van der Waals surface area contributed by atoms with Crippen molar-refractivity contribution in [3.63, 3.8) is 0 Å². The Hall–Kier alpha value is -1.22. The van der Waals surface area contributed by atoms with Crippen LogP contribution >= 0.6 is 0 Å². The zero-order chi connectivity index (χ0) is 12.1. The number of aliphatic hydroxyl groups excluding tert-OH is 1. The third-order valence-electron chi connectivity index (χ3n) is 3.15. The summed E-state index contributed by atoms with van der Waals surface area (Å²) in [5.41, 5.74) is 8.64. The van der Waals surface area contributed by atoms with E-state index >= 15 is 0 Å². The standard InChI is InChI=1S/C13H22N2O/c1-4-9(2)13(8-16)15-11-5-6-12(14)10(3)7-11/h5-7,9,13,15-16H,4,8,14H2,1-3H3. The van der Waals surface area contributed by atoms with E-state index in [2.05, 4.69) is 19.2 Å². The van der Waals surface area contributed by atoms with Crippen LogP contribution in [0.4, 0.5) is 11.4 Å². The number of aliphatic hydroxyl groups is 1. The van der Waals surface area contributed by atoms with Crippen LogP contribution in [0.2, 0.25) is 0 Å². The molecule has 0 radical (unpaired) electrons. The van der Waals surface area contributed by atoms with E-state index in [1.807, 2.05) is 25.1 Å². The van der Waals surface area contributed by atoms with Crippen LogP contribution in [0.1, 0.15) is 25.8 Å². The molecule has 1 aromatic carbocycles. The van der Waals surface area contributed by atoms with Gasteiger partial charge in [0.15, 0.2) is 0 Å². The molecule has 0 aliphatic heterocycles. The van der Waals surface area contributed by atoms with Gasteiger partial charge in [-0.25, -0.2) is 0 Å². The van der Waals surface area contributed by atoms with Crippen molar-refractivity contribution >= 4 is 11.4 Å². The van der Waals surface area contributed by atoms with E-state index in [1.165, 1.54) is 0 Å². The molecule has 0 spiro atoms. The summed E-state index contributed by atoms with van der Waals surface area (Å²) in [5, 5.41) is 12.7. The average Bonchev–Trinajstić information content (AvgIpc) is 2.29. The minimum atomic E-state index is 0.105. The molecule has 2 atom stereocenters. The lowest BCUT2D eigenvalue weighted by Crippen LogP contribution is -2.30. The van der Waals surface area contributed by atoms with Crippen molar-refractivity contribution in [2.45, 2.75) is 33.2 Å². The third kappa shape index (κ3) is 3.14. The summed E-state index contributed by atoms with van der Waals surface area (Å²) < 4.78 is 0. The first kappa shape index (κ1) is 12.8. The molecule has 3 heteroatoms. The zero-order valence-corrected chi connectivity index (χ0v) is 10.3. The molecular formula is C13H22N2O. The number of benzene rings is 1. The molecule has 90 valence electrons. The largest absolute Gasteiger partial charge is 0.399 e. The van der Waals surface area contributed by atoms with Gasteiger partial charge in [-0.05, 0) is 36.6 Å². The van der Waals surface area contributed by atoms with E-state index in [-0.39, 0.29) is 12.6 Å². The molecule has 0 aliphatic rings. The van der Waals surface area contributed by atoms with Crippen LogP contribution in [-0.2, 0) is 0 Å². The lowest BCUT2D eigenvalue weighted by molar-refractivity contribution is 0.241. The number of nitrogens with two attached hydrogens (primary N) is 1. The van der Waals surface area contributed by atoms with Crippen molar-refractivity contribution in [3.05, 3.63) is 23.8 Å². The maximum Gasteiger partial charge on any atom is 0.0635 e. The zero-order valence-electron chi connectivity index (χ0n) is 10.3. The SMILES string of the molecule is CCC(C)C(CO)Nc1ccc(N)c(C)c1. The summed E-state index contributed by atoms with van der Waals surface area (Å²) >= 11 is 0. The normalized spacial score (nSPS) is 14.5. The predicted molar refractivity (Wildman–Crippen MR) is 69.5 cm³/mol. The summed E-state index contributed by atoms with van der Waals surface area (Å²) in [5.74, 6) is 0.447. The highest BCUT2D eigenvalue weighted by atomic mass is 16.3. The number of rotatable bonds is 5. The van der Waals surface area contributed by atoms with Crippen molar-refractivity contribution in [2.75, 3.05) is 17.7 Å². The number of aryl methyl sites for hydroxylation is 1. The fraction of sp³-hybridized carbons (Fsp3) is 0.538. The van der Waals surface area contributed by atoms with Crippen LogP contribution in [0, 0.1) is 12.8 Å². The maximum atomic E-state index is 9.33. The Bertz CT molecular complexity index is 339. The quantitative estimate of drug-likeness (QED) is 0.670. The van der Waals surface area contributed by atoms with E-state index in [0.717, 1.165) is 23.4 Å². The lowest BCUT2D eigenvalue weighted by Gasteiger charge is -2.23. The number of hydrogen-bond donors (Lipinski definition) is 3. The molecule has 1 aromatic rings. The van der Waals surface area contributed by atoms with Gasteiger partial charge >= 0.3 is 0 Å². The van der Waals surface area contributed by atoms with E-state index < -0.39 is 0 Å². The Morgan fingerprint density at radius 2 is 2.12 bits per heavy atom. The van der Waals surface area contributed by atoms with E-state index in [9.17, 15) is 5.11 Å². The molecule has 0 amide bonds. The Labute approximate surface area is 97.7 Å². The second-order valence-corrected chi connectivity index (χ2v) is 4.39. The van der Waals surface area contributed by atoms with Crippen LogP contribution < -0.4 is 11.1 Å². The molecule has 3 nitrogen and oxygen atoms in total. The first-order chi connectivity index (χ1) is 7.58. The van der Waals surface area contributed by atoms with E-state index in [0.29, 0.717) is 5.92 Å². The molecule has 0 aromatic heterocycles. The average molecular weight is 222 g/mol. The van der Waals surface area contributed by atoms with Crippen molar-refractivity contribution < 1.29 is 5.11 Å². The van der Waals surface area contributed by atoms with Crippen molar-refractivity contribution in [3.8, 4) is 0 Å². The molecule has 0 bridgehead atoms. The number of anilines is 2. The third-order valence-corrected chi connectivity index (χ3v) is 3.15. The molecule has 0 fully saturated rings. The fourth-order valence-corrected chi connectivity index (χ4v) is 1.63. The van der Waals surface area contributed by atoms with Gasteiger partial charge in [0.2, 0.25) is 0 Å². The van der Waals surface area contributed by atoms with E-state index in [4.69, 9.17) is 5.73 Å². The summed E-state index contributed by atoms with van der Waals surface area (Å²) in [7, 11) is 0. The van der Waals surface area contributed by atoms with Gasteiger partial charge < -0.3 is 16.2 Å². The molecule has 0 heterocycles. The first-order valence-electron chi connectivity index (χ1n) is 5.82. The van der Waals surface area contributed by atoms with Crippen LogP contribution in [-0.4, -0.2) is 17.8 Å². The number of nitrogens with one attached hydrogen (secondary N) is 1. The van der Waals surface area contributed by atoms with Gasteiger partial charge in [0.25, 0.3) is 0 Å². The van der Waals surface area contributed by atoms with Gasteiger partial charge in [-0.2, -0.15) is 0 Å². The molecule has 4 N–H and O–H groups in total. The van der Waals surface area contributed by atoms with Gasteiger partial charge in [0.1, 0.15) is 0 Å². The number of nitrogen functional groups attached to an aromatic ring is 1. The Morgan fingerprint density at radius 1 is 1.44 bits per heavy atom. The monoisotopic (exact) mass is 222 g/mol. The van der Waals surface area contributed by atoms with Gasteiger partial charge in [0, 0.05) is 11.4 Å². The second-order valence-electron chi connectivity index (χ2n) is 4.39. The summed E-state index contributed by atoms with van der Waals surface area (Å²) in [4.78, 5) is 0.